The highest BCUT2D eigenvalue weighted by Crippen LogP contribution is 2.05. The average Bonchev–Trinajstić information content (AvgIpc) is 2.05. The molecule has 1 aliphatic heterocycles. The molecule has 13 heavy (non-hydrogen) atoms. The Kier molecular flexibility index (Phi) is 3.70. The lowest BCUT2D eigenvalue weighted by Gasteiger charge is -2.26. The summed E-state index contributed by atoms with van der Waals surface area (Å²) in [5.41, 5.74) is 0. The summed E-state index contributed by atoms with van der Waals surface area (Å²) in [5.74, 6) is 0.175. The molecule has 0 atom stereocenters. The SMILES string of the molecule is CC(C)S(=O)(=O)CN1CCOCC1. The van der Waals surface area contributed by atoms with Gasteiger partial charge in [-0.1, -0.05) is 0 Å². The van der Waals surface area contributed by atoms with Crippen LogP contribution in [0.25, 0.3) is 0 Å². The molecule has 0 aliphatic carbocycles. The molecule has 0 aromatic carbocycles. The Balaban J connectivity index is 2.47. The van der Waals surface area contributed by atoms with E-state index in [1.54, 1.807) is 13.8 Å². The Morgan fingerprint density at radius 1 is 1.31 bits per heavy atom. The van der Waals surface area contributed by atoms with Gasteiger partial charge in [0.1, 0.15) is 5.88 Å². The zero-order valence-electron chi connectivity index (χ0n) is 8.19. The van der Waals surface area contributed by atoms with Crippen LogP contribution in [0.2, 0.25) is 0 Å². The molecule has 1 heterocycles. The molecule has 78 valence electrons. The summed E-state index contributed by atoms with van der Waals surface area (Å²) in [6, 6.07) is 0. The van der Waals surface area contributed by atoms with Crippen LogP contribution in [0.1, 0.15) is 13.8 Å². The molecule has 1 fully saturated rings. The van der Waals surface area contributed by atoms with Crippen LogP contribution < -0.4 is 0 Å². The zero-order valence-corrected chi connectivity index (χ0v) is 9.01. The van der Waals surface area contributed by atoms with Crippen LogP contribution in [0, 0.1) is 0 Å². The van der Waals surface area contributed by atoms with E-state index in [9.17, 15) is 8.42 Å². The number of hydrogen-bond acceptors (Lipinski definition) is 4. The van der Waals surface area contributed by atoms with Crippen LogP contribution in [0.5, 0.6) is 0 Å². The molecule has 0 aromatic rings. The lowest BCUT2D eigenvalue weighted by atomic mass is 10.5. The summed E-state index contributed by atoms with van der Waals surface area (Å²) < 4.78 is 28.2. The van der Waals surface area contributed by atoms with Crippen molar-refractivity contribution in [3.05, 3.63) is 0 Å². The minimum absolute atomic E-state index is 0.175. The molecule has 0 radical (unpaired) electrons. The third-order valence-corrected chi connectivity index (χ3v) is 4.35. The van der Waals surface area contributed by atoms with Crippen molar-refractivity contribution in [3.63, 3.8) is 0 Å². The molecule has 0 aromatic heterocycles. The second-order valence-electron chi connectivity index (χ2n) is 3.57. The fourth-order valence-corrected chi connectivity index (χ4v) is 2.20. The number of ether oxygens (including phenoxy) is 1. The normalized spacial score (nSPS) is 20.8. The predicted molar refractivity (Wildman–Crippen MR) is 51.3 cm³/mol. The minimum atomic E-state index is -2.93. The molecular formula is C8H17NO3S. The van der Waals surface area contributed by atoms with Crippen LogP contribution in [0.15, 0.2) is 0 Å². The lowest BCUT2D eigenvalue weighted by molar-refractivity contribution is 0.0464. The minimum Gasteiger partial charge on any atom is -0.379 e. The van der Waals surface area contributed by atoms with Gasteiger partial charge < -0.3 is 4.74 Å². The third kappa shape index (κ3) is 3.25. The lowest BCUT2D eigenvalue weighted by Crippen LogP contribution is -2.41. The Morgan fingerprint density at radius 3 is 2.31 bits per heavy atom. The molecule has 1 aliphatic rings. The van der Waals surface area contributed by atoms with Gasteiger partial charge in [-0.2, -0.15) is 0 Å². The second-order valence-corrected chi connectivity index (χ2v) is 6.10. The maximum atomic E-state index is 11.5. The van der Waals surface area contributed by atoms with E-state index in [2.05, 4.69) is 0 Å². The molecule has 5 heteroatoms. The van der Waals surface area contributed by atoms with Crippen LogP contribution in [-0.2, 0) is 14.6 Å². The van der Waals surface area contributed by atoms with E-state index in [0.29, 0.717) is 13.2 Å². The highest BCUT2D eigenvalue weighted by atomic mass is 32.2. The number of sulfone groups is 1. The van der Waals surface area contributed by atoms with E-state index in [-0.39, 0.29) is 11.1 Å². The van der Waals surface area contributed by atoms with Gasteiger partial charge in [-0.3, -0.25) is 4.90 Å². The summed E-state index contributed by atoms with van der Waals surface area (Å²) in [6.07, 6.45) is 0. The molecule has 0 unspecified atom stereocenters. The van der Waals surface area contributed by atoms with Gasteiger partial charge in [0.05, 0.1) is 18.5 Å². The predicted octanol–water partition coefficient (Wildman–Crippen LogP) is 0.0993. The van der Waals surface area contributed by atoms with Crippen molar-refractivity contribution in [1.29, 1.82) is 0 Å². The van der Waals surface area contributed by atoms with Crippen molar-refractivity contribution in [2.75, 3.05) is 32.2 Å². The van der Waals surface area contributed by atoms with Crippen molar-refractivity contribution in [3.8, 4) is 0 Å². The highest BCUT2D eigenvalue weighted by Gasteiger charge is 2.21. The van der Waals surface area contributed by atoms with Crippen molar-refractivity contribution < 1.29 is 13.2 Å². The zero-order chi connectivity index (χ0) is 9.90. The van der Waals surface area contributed by atoms with Gasteiger partial charge in [0.15, 0.2) is 9.84 Å². The van der Waals surface area contributed by atoms with Gasteiger partial charge >= 0.3 is 0 Å². The van der Waals surface area contributed by atoms with E-state index >= 15 is 0 Å². The number of hydrogen-bond donors (Lipinski definition) is 0. The largest absolute Gasteiger partial charge is 0.379 e. The molecular weight excluding hydrogens is 190 g/mol. The quantitative estimate of drug-likeness (QED) is 0.658. The van der Waals surface area contributed by atoms with E-state index in [1.807, 2.05) is 4.90 Å². The Labute approximate surface area is 79.8 Å². The maximum absolute atomic E-state index is 11.5. The first-order valence-electron chi connectivity index (χ1n) is 4.54. The summed E-state index contributed by atoms with van der Waals surface area (Å²) in [6.45, 7) is 6.19. The van der Waals surface area contributed by atoms with Crippen molar-refractivity contribution in [2.45, 2.75) is 19.1 Å². The molecule has 0 saturated carbocycles. The standard InChI is InChI=1S/C8H17NO3S/c1-8(2)13(10,11)7-9-3-5-12-6-4-9/h8H,3-7H2,1-2H3. The first kappa shape index (κ1) is 10.9. The van der Waals surface area contributed by atoms with Gasteiger partial charge in [-0.15, -0.1) is 0 Å². The smallest absolute Gasteiger partial charge is 0.165 e. The van der Waals surface area contributed by atoms with Crippen LogP contribution >= 0.6 is 0 Å². The Morgan fingerprint density at radius 2 is 1.85 bits per heavy atom. The fraction of sp³-hybridized carbons (Fsp3) is 1.00. The average molecular weight is 207 g/mol. The fourth-order valence-electron chi connectivity index (χ4n) is 1.13. The summed E-state index contributed by atoms with van der Waals surface area (Å²) in [7, 11) is -2.93. The molecule has 1 saturated heterocycles. The van der Waals surface area contributed by atoms with Gasteiger partial charge in [-0.25, -0.2) is 8.42 Å². The first-order chi connectivity index (χ1) is 6.02. The topological polar surface area (TPSA) is 46.6 Å². The van der Waals surface area contributed by atoms with E-state index in [1.165, 1.54) is 0 Å². The number of rotatable bonds is 3. The molecule has 4 nitrogen and oxygen atoms in total. The molecule has 0 bridgehead atoms. The maximum Gasteiger partial charge on any atom is 0.165 e. The molecule has 0 N–H and O–H groups in total. The van der Waals surface area contributed by atoms with Crippen LogP contribution in [0.3, 0.4) is 0 Å². The Hall–Kier alpha value is -0.130. The van der Waals surface area contributed by atoms with Crippen LogP contribution in [0.4, 0.5) is 0 Å². The van der Waals surface area contributed by atoms with Crippen LogP contribution in [-0.4, -0.2) is 50.7 Å². The summed E-state index contributed by atoms with van der Waals surface area (Å²) in [5, 5.41) is -0.282. The third-order valence-electron chi connectivity index (χ3n) is 2.18. The van der Waals surface area contributed by atoms with E-state index < -0.39 is 9.84 Å². The molecule has 0 spiro atoms. The van der Waals surface area contributed by atoms with Gasteiger partial charge in [0.2, 0.25) is 0 Å². The van der Waals surface area contributed by atoms with E-state index in [0.717, 1.165) is 13.1 Å². The summed E-state index contributed by atoms with van der Waals surface area (Å²) in [4.78, 5) is 1.93. The van der Waals surface area contributed by atoms with Gasteiger partial charge in [0, 0.05) is 13.1 Å². The monoisotopic (exact) mass is 207 g/mol. The van der Waals surface area contributed by atoms with Gasteiger partial charge in [-0.05, 0) is 13.8 Å². The summed E-state index contributed by atoms with van der Waals surface area (Å²) >= 11 is 0. The highest BCUT2D eigenvalue weighted by molar-refractivity contribution is 7.91. The first-order valence-corrected chi connectivity index (χ1v) is 6.25. The van der Waals surface area contributed by atoms with Gasteiger partial charge in [0.25, 0.3) is 0 Å². The second kappa shape index (κ2) is 4.39. The van der Waals surface area contributed by atoms with Crippen molar-refractivity contribution in [1.82, 2.24) is 4.90 Å². The molecule has 1 rings (SSSR count). The number of nitrogens with zero attached hydrogens (tertiary/aromatic N) is 1. The Bertz CT molecular complexity index is 242. The van der Waals surface area contributed by atoms with Crippen molar-refractivity contribution >= 4 is 9.84 Å². The number of morpholine rings is 1. The van der Waals surface area contributed by atoms with Crippen molar-refractivity contribution in [2.24, 2.45) is 0 Å². The molecule has 0 amide bonds. The van der Waals surface area contributed by atoms with E-state index in [4.69, 9.17) is 4.74 Å².